The third kappa shape index (κ3) is 1.27. The second-order valence-corrected chi connectivity index (χ2v) is 4.21. The van der Waals surface area contributed by atoms with Crippen molar-refractivity contribution in [2.24, 2.45) is 5.73 Å². The summed E-state index contributed by atoms with van der Waals surface area (Å²) in [6.45, 7) is 0.0358. The highest BCUT2D eigenvalue weighted by Crippen LogP contribution is 2.51. The first-order valence-electron chi connectivity index (χ1n) is 4.07. The van der Waals surface area contributed by atoms with Crippen LogP contribution in [-0.2, 0) is 4.79 Å². The van der Waals surface area contributed by atoms with Gasteiger partial charge in [-0.2, -0.15) is 0 Å². The van der Waals surface area contributed by atoms with Crippen LogP contribution in [0.1, 0.15) is 12.8 Å². The van der Waals surface area contributed by atoms with Gasteiger partial charge in [0.25, 0.3) is 5.91 Å². The van der Waals surface area contributed by atoms with Crippen LogP contribution in [0, 0.1) is 0 Å². The topological polar surface area (TPSA) is 84.2 Å². The van der Waals surface area contributed by atoms with E-state index in [1.807, 2.05) is 0 Å². The van der Waals surface area contributed by atoms with Gasteiger partial charge >= 0.3 is 6.03 Å². The minimum absolute atomic E-state index is 0. The van der Waals surface area contributed by atoms with E-state index < -0.39 is 22.4 Å². The van der Waals surface area contributed by atoms with Crippen LogP contribution >= 0.6 is 24.0 Å². The van der Waals surface area contributed by atoms with Crippen molar-refractivity contribution in [1.82, 2.24) is 10.6 Å². The van der Waals surface area contributed by atoms with Gasteiger partial charge in [-0.3, -0.25) is 10.1 Å². The van der Waals surface area contributed by atoms with Crippen molar-refractivity contribution in [3.63, 3.8) is 0 Å². The van der Waals surface area contributed by atoms with Crippen molar-refractivity contribution in [1.29, 1.82) is 0 Å². The molecule has 1 aliphatic carbocycles. The number of amides is 3. The number of hydrogen-bond acceptors (Lipinski definition) is 3. The Morgan fingerprint density at radius 1 is 1.43 bits per heavy atom. The molecule has 2 rings (SSSR count). The Kier molecular flexibility index (Phi) is 2.69. The summed E-state index contributed by atoms with van der Waals surface area (Å²) >= 11 is 6.11. The monoisotopic (exact) mass is 239 g/mol. The first-order chi connectivity index (χ1) is 6.04. The van der Waals surface area contributed by atoms with Gasteiger partial charge in [0.05, 0.1) is 4.87 Å². The summed E-state index contributed by atoms with van der Waals surface area (Å²) in [7, 11) is 0. The number of hydrogen-bond donors (Lipinski definition) is 3. The minimum atomic E-state index is -1.09. The molecule has 4 N–H and O–H groups in total. The van der Waals surface area contributed by atoms with Gasteiger partial charge in [0.2, 0.25) is 0 Å². The molecular weight excluding hydrogens is 229 g/mol. The summed E-state index contributed by atoms with van der Waals surface area (Å²) in [6, 6.07) is -0.512. The van der Waals surface area contributed by atoms with E-state index in [9.17, 15) is 9.59 Å². The number of urea groups is 1. The van der Waals surface area contributed by atoms with Gasteiger partial charge in [0.15, 0.2) is 5.54 Å². The van der Waals surface area contributed by atoms with Gasteiger partial charge in [-0.05, 0) is 12.8 Å². The maximum absolute atomic E-state index is 11.5. The molecule has 0 aromatic heterocycles. The Labute approximate surface area is 92.1 Å². The van der Waals surface area contributed by atoms with Crippen molar-refractivity contribution in [3.05, 3.63) is 0 Å². The van der Waals surface area contributed by atoms with E-state index in [0.717, 1.165) is 0 Å². The molecule has 0 aromatic carbocycles. The lowest BCUT2D eigenvalue weighted by molar-refractivity contribution is -0.124. The Morgan fingerprint density at radius 2 is 2.00 bits per heavy atom. The van der Waals surface area contributed by atoms with Crippen molar-refractivity contribution in [2.75, 3.05) is 6.54 Å². The molecular formula is C7H11Cl2N3O2. The van der Waals surface area contributed by atoms with E-state index in [4.69, 9.17) is 17.3 Å². The fraction of sp³-hybridized carbons (Fsp3) is 0.714. The minimum Gasteiger partial charge on any atom is -0.328 e. The number of rotatable bonds is 2. The molecule has 80 valence electrons. The van der Waals surface area contributed by atoms with Gasteiger partial charge in [0.1, 0.15) is 0 Å². The quantitative estimate of drug-likeness (QED) is 0.458. The molecule has 0 aromatic rings. The van der Waals surface area contributed by atoms with Gasteiger partial charge in [-0.1, -0.05) is 0 Å². The summed E-state index contributed by atoms with van der Waals surface area (Å²) < 4.78 is 0. The molecule has 5 nitrogen and oxygen atoms in total. The number of nitrogens with two attached hydrogens (primary N) is 1. The number of nitrogens with one attached hydrogen (secondary N) is 2. The Bertz CT molecular complexity index is 293. The lowest BCUT2D eigenvalue weighted by Crippen LogP contribution is -2.60. The molecule has 1 saturated carbocycles. The molecule has 0 bridgehead atoms. The highest BCUT2D eigenvalue weighted by molar-refractivity contribution is 6.30. The standard InChI is InChI=1S/C7H10ClN3O2.ClH/c8-6(1-2-6)7(3-9)4(12)10-5(13)11-7;/h1-3,9H2,(H2,10,11,12,13);1H/t7-;/m1./s1. The van der Waals surface area contributed by atoms with E-state index in [1.54, 1.807) is 0 Å². The highest BCUT2D eigenvalue weighted by Gasteiger charge is 2.65. The maximum atomic E-state index is 11.5. The lowest BCUT2D eigenvalue weighted by Gasteiger charge is -2.29. The number of carbonyl (C=O) groups is 2. The van der Waals surface area contributed by atoms with E-state index in [-0.39, 0.29) is 19.0 Å². The van der Waals surface area contributed by atoms with Crippen LogP contribution in [0.4, 0.5) is 4.79 Å². The third-order valence-electron chi connectivity index (χ3n) is 2.70. The fourth-order valence-electron chi connectivity index (χ4n) is 1.67. The van der Waals surface area contributed by atoms with E-state index >= 15 is 0 Å². The predicted octanol–water partition coefficient (Wildman–Crippen LogP) is -0.284. The van der Waals surface area contributed by atoms with Crippen LogP contribution in [0.3, 0.4) is 0 Å². The third-order valence-corrected chi connectivity index (χ3v) is 3.40. The normalized spacial score (nSPS) is 33.0. The van der Waals surface area contributed by atoms with Crippen molar-refractivity contribution in [3.8, 4) is 0 Å². The second kappa shape index (κ2) is 3.25. The van der Waals surface area contributed by atoms with Crippen LogP contribution in [0.5, 0.6) is 0 Å². The highest BCUT2D eigenvalue weighted by atomic mass is 35.5. The summed E-state index contributed by atoms with van der Waals surface area (Å²) in [4.78, 5) is 21.7. The zero-order valence-electron chi connectivity index (χ0n) is 7.30. The van der Waals surface area contributed by atoms with Gasteiger partial charge in [-0.15, -0.1) is 24.0 Å². The largest absolute Gasteiger partial charge is 0.328 e. The summed E-state index contributed by atoms with van der Waals surface area (Å²) in [5.41, 5.74) is 4.40. The molecule has 2 aliphatic rings. The Morgan fingerprint density at radius 3 is 2.29 bits per heavy atom. The average molecular weight is 240 g/mol. The second-order valence-electron chi connectivity index (χ2n) is 3.48. The summed E-state index contributed by atoms with van der Waals surface area (Å²) in [5.74, 6) is -0.410. The Balaban J connectivity index is 0.000000980. The first-order valence-corrected chi connectivity index (χ1v) is 4.44. The predicted molar refractivity (Wildman–Crippen MR) is 53.5 cm³/mol. The SMILES string of the molecule is Cl.NC[C@@]1(C2(Cl)CC2)NC(=O)NC1=O. The van der Waals surface area contributed by atoms with E-state index in [0.29, 0.717) is 12.8 Å². The molecule has 2 fully saturated rings. The van der Waals surface area contributed by atoms with Crippen molar-refractivity contribution < 1.29 is 9.59 Å². The molecule has 7 heteroatoms. The molecule has 1 atom stereocenters. The van der Waals surface area contributed by atoms with Crippen LogP contribution < -0.4 is 16.4 Å². The molecule has 14 heavy (non-hydrogen) atoms. The van der Waals surface area contributed by atoms with Crippen LogP contribution in [-0.4, -0.2) is 28.9 Å². The first kappa shape index (κ1) is 11.6. The van der Waals surface area contributed by atoms with Crippen molar-refractivity contribution >= 4 is 35.9 Å². The Hall–Kier alpha value is -0.520. The van der Waals surface area contributed by atoms with Crippen LogP contribution in [0.25, 0.3) is 0 Å². The molecule has 0 radical (unpaired) electrons. The van der Waals surface area contributed by atoms with Gasteiger partial charge < -0.3 is 11.1 Å². The molecule has 1 aliphatic heterocycles. The molecule has 0 unspecified atom stereocenters. The number of halogens is 2. The lowest BCUT2D eigenvalue weighted by atomic mass is 9.93. The fourth-order valence-corrected chi connectivity index (χ4v) is 1.97. The van der Waals surface area contributed by atoms with Crippen LogP contribution in [0.15, 0.2) is 0 Å². The van der Waals surface area contributed by atoms with E-state index in [2.05, 4.69) is 10.6 Å². The van der Waals surface area contributed by atoms with E-state index in [1.165, 1.54) is 0 Å². The summed E-state index contributed by atoms with van der Waals surface area (Å²) in [6.07, 6.45) is 1.42. The number of carbonyl (C=O) groups excluding carboxylic acids is 2. The van der Waals surface area contributed by atoms with Crippen LogP contribution in [0.2, 0.25) is 0 Å². The molecule has 1 heterocycles. The molecule has 1 saturated heterocycles. The van der Waals surface area contributed by atoms with Gasteiger partial charge in [-0.25, -0.2) is 4.79 Å². The molecule has 3 amide bonds. The van der Waals surface area contributed by atoms with Gasteiger partial charge in [0, 0.05) is 6.54 Å². The average Bonchev–Trinajstić information content (AvgIpc) is 2.72. The maximum Gasteiger partial charge on any atom is 0.322 e. The molecule has 0 spiro atoms. The zero-order valence-corrected chi connectivity index (χ0v) is 8.87. The zero-order chi connectivity index (χ0) is 9.69. The smallest absolute Gasteiger partial charge is 0.322 e. The number of alkyl halides is 1. The van der Waals surface area contributed by atoms with Crippen molar-refractivity contribution in [2.45, 2.75) is 23.3 Å². The summed E-state index contributed by atoms with van der Waals surface area (Å²) in [5, 5.41) is 4.66. The number of imide groups is 1.